The standard InChI is InChI=1S/C10H14O4S/c1-7-3-4-10(15(12,13)14)9(5-7)6-8(2)11/h3-5,8,11H,6H2,1-2H3,(H,12,13,14). The fourth-order valence-corrected chi connectivity index (χ4v) is 2.15. The lowest BCUT2D eigenvalue weighted by Crippen LogP contribution is -2.10. The Hall–Kier alpha value is -0.910. The summed E-state index contributed by atoms with van der Waals surface area (Å²) in [6.45, 7) is 3.38. The minimum atomic E-state index is -4.21. The Kier molecular flexibility index (Phi) is 3.49. The molecule has 1 atom stereocenters. The first-order valence-electron chi connectivity index (χ1n) is 4.56. The maximum atomic E-state index is 11.0. The molecule has 0 aliphatic rings. The van der Waals surface area contributed by atoms with Gasteiger partial charge >= 0.3 is 0 Å². The van der Waals surface area contributed by atoms with E-state index >= 15 is 0 Å². The Morgan fingerprint density at radius 2 is 2.00 bits per heavy atom. The van der Waals surface area contributed by atoms with Gasteiger partial charge in [-0.25, -0.2) is 0 Å². The lowest BCUT2D eigenvalue weighted by Gasteiger charge is -2.09. The van der Waals surface area contributed by atoms with E-state index in [1.807, 2.05) is 6.92 Å². The minimum Gasteiger partial charge on any atom is -0.393 e. The quantitative estimate of drug-likeness (QED) is 0.764. The van der Waals surface area contributed by atoms with E-state index in [4.69, 9.17) is 4.55 Å². The van der Waals surface area contributed by atoms with Gasteiger partial charge in [0, 0.05) is 0 Å². The summed E-state index contributed by atoms with van der Waals surface area (Å²) in [7, 11) is -4.21. The predicted molar refractivity (Wildman–Crippen MR) is 56.4 cm³/mol. The third kappa shape index (κ3) is 3.30. The van der Waals surface area contributed by atoms with Crippen LogP contribution in [-0.2, 0) is 16.5 Å². The average molecular weight is 230 g/mol. The van der Waals surface area contributed by atoms with Crippen LogP contribution in [0, 0.1) is 6.92 Å². The number of hydrogen-bond donors (Lipinski definition) is 2. The molecular formula is C10H14O4S. The van der Waals surface area contributed by atoms with Crippen LogP contribution in [0.4, 0.5) is 0 Å². The van der Waals surface area contributed by atoms with Gasteiger partial charge in [0.1, 0.15) is 0 Å². The highest BCUT2D eigenvalue weighted by atomic mass is 32.2. The zero-order valence-electron chi connectivity index (χ0n) is 8.64. The Morgan fingerprint density at radius 3 is 2.47 bits per heavy atom. The van der Waals surface area contributed by atoms with Gasteiger partial charge in [0.15, 0.2) is 0 Å². The molecule has 5 heteroatoms. The number of aryl methyl sites for hydroxylation is 1. The second kappa shape index (κ2) is 4.30. The van der Waals surface area contributed by atoms with Crippen LogP contribution < -0.4 is 0 Å². The third-order valence-electron chi connectivity index (χ3n) is 2.01. The first-order chi connectivity index (χ1) is 6.80. The lowest BCUT2D eigenvalue weighted by molar-refractivity contribution is 0.194. The van der Waals surface area contributed by atoms with Crippen molar-refractivity contribution in [2.75, 3.05) is 0 Å². The summed E-state index contributed by atoms with van der Waals surface area (Å²) in [5, 5.41) is 9.21. The number of benzene rings is 1. The van der Waals surface area contributed by atoms with E-state index in [1.165, 1.54) is 6.07 Å². The van der Waals surface area contributed by atoms with Crippen LogP contribution in [0.1, 0.15) is 18.1 Å². The Labute approximate surface area is 89.3 Å². The van der Waals surface area contributed by atoms with Crippen molar-refractivity contribution >= 4 is 10.1 Å². The van der Waals surface area contributed by atoms with Gasteiger partial charge in [0.25, 0.3) is 10.1 Å². The first-order valence-corrected chi connectivity index (χ1v) is 6.00. The molecule has 0 heterocycles. The zero-order chi connectivity index (χ0) is 11.6. The van der Waals surface area contributed by atoms with E-state index < -0.39 is 16.2 Å². The lowest BCUT2D eigenvalue weighted by atomic mass is 10.1. The van der Waals surface area contributed by atoms with Crippen LogP contribution in [0.15, 0.2) is 23.1 Å². The average Bonchev–Trinajstić information content (AvgIpc) is 1.99. The normalized spacial score (nSPS) is 13.9. The first kappa shape index (κ1) is 12.2. The van der Waals surface area contributed by atoms with Crippen molar-refractivity contribution in [1.82, 2.24) is 0 Å². The molecule has 0 saturated carbocycles. The summed E-state index contributed by atoms with van der Waals surface area (Å²) < 4.78 is 31.0. The van der Waals surface area contributed by atoms with E-state index in [0.29, 0.717) is 5.56 Å². The molecule has 4 nitrogen and oxygen atoms in total. The van der Waals surface area contributed by atoms with E-state index in [-0.39, 0.29) is 11.3 Å². The highest BCUT2D eigenvalue weighted by Crippen LogP contribution is 2.18. The van der Waals surface area contributed by atoms with Crippen LogP contribution in [0.25, 0.3) is 0 Å². The van der Waals surface area contributed by atoms with Gasteiger partial charge in [-0.2, -0.15) is 8.42 Å². The molecule has 1 rings (SSSR count). The smallest absolute Gasteiger partial charge is 0.294 e. The number of aliphatic hydroxyl groups is 1. The second-order valence-electron chi connectivity index (χ2n) is 3.64. The monoisotopic (exact) mass is 230 g/mol. The van der Waals surface area contributed by atoms with Crippen molar-refractivity contribution in [3.8, 4) is 0 Å². The van der Waals surface area contributed by atoms with Crippen molar-refractivity contribution in [2.45, 2.75) is 31.3 Å². The molecule has 0 aliphatic heterocycles. The fourth-order valence-electron chi connectivity index (χ4n) is 1.44. The Balaban J connectivity index is 3.27. The molecule has 15 heavy (non-hydrogen) atoms. The van der Waals surface area contributed by atoms with Crippen LogP contribution in [0.2, 0.25) is 0 Å². The summed E-state index contributed by atoms with van der Waals surface area (Å²) in [4.78, 5) is -0.131. The Bertz CT molecular complexity index is 448. The van der Waals surface area contributed by atoms with Crippen molar-refractivity contribution < 1.29 is 18.1 Å². The molecule has 2 N–H and O–H groups in total. The highest BCUT2D eigenvalue weighted by Gasteiger charge is 2.16. The Morgan fingerprint density at radius 1 is 1.40 bits per heavy atom. The molecule has 0 amide bonds. The third-order valence-corrected chi connectivity index (χ3v) is 2.96. The maximum absolute atomic E-state index is 11.0. The molecule has 0 radical (unpaired) electrons. The summed E-state index contributed by atoms with van der Waals surface area (Å²) in [6.07, 6.45) is -0.441. The summed E-state index contributed by atoms with van der Waals surface area (Å²) in [5.74, 6) is 0. The van der Waals surface area contributed by atoms with Gasteiger partial charge < -0.3 is 5.11 Å². The number of hydrogen-bond acceptors (Lipinski definition) is 3. The van der Waals surface area contributed by atoms with E-state index in [0.717, 1.165) is 5.56 Å². The predicted octanol–water partition coefficient (Wildman–Crippen LogP) is 1.17. The van der Waals surface area contributed by atoms with Gasteiger partial charge in [0.05, 0.1) is 11.0 Å². The molecule has 0 aromatic heterocycles. The van der Waals surface area contributed by atoms with Crippen LogP contribution in [0.3, 0.4) is 0 Å². The molecule has 0 spiro atoms. The molecule has 0 aliphatic carbocycles. The molecule has 0 saturated heterocycles. The molecule has 1 aromatic rings. The second-order valence-corrected chi connectivity index (χ2v) is 5.03. The summed E-state index contributed by atoms with van der Waals surface area (Å²) in [6, 6.07) is 4.60. The fraction of sp³-hybridized carbons (Fsp3) is 0.400. The molecular weight excluding hydrogens is 216 g/mol. The largest absolute Gasteiger partial charge is 0.393 e. The van der Waals surface area contributed by atoms with Crippen LogP contribution >= 0.6 is 0 Å². The maximum Gasteiger partial charge on any atom is 0.294 e. The SMILES string of the molecule is Cc1ccc(S(=O)(=O)O)c(CC(C)O)c1. The van der Waals surface area contributed by atoms with Gasteiger partial charge in [-0.1, -0.05) is 17.7 Å². The van der Waals surface area contributed by atoms with E-state index in [9.17, 15) is 13.5 Å². The van der Waals surface area contributed by atoms with Crippen LogP contribution in [-0.4, -0.2) is 24.2 Å². The molecule has 1 aromatic carbocycles. The van der Waals surface area contributed by atoms with Crippen molar-refractivity contribution in [3.05, 3.63) is 29.3 Å². The van der Waals surface area contributed by atoms with Crippen molar-refractivity contribution in [3.63, 3.8) is 0 Å². The number of rotatable bonds is 3. The molecule has 84 valence electrons. The molecule has 0 bridgehead atoms. The van der Waals surface area contributed by atoms with Gasteiger partial charge in [0.2, 0.25) is 0 Å². The summed E-state index contributed by atoms with van der Waals surface area (Å²) in [5.41, 5.74) is 1.32. The summed E-state index contributed by atoms with van der Waals surface area (Å²) >= 11 is 0. The highest BCUT2D eigenvalue weighted by molar-refractivity contribution is 7.85. The van der Waals surface area contributed by atoms with Gasteiger partial charge in [-0.15, -0.1) is 0 Å². The van der Waals surface area contributed by atoms with Crippen LogP contribution in [0.5, 0.6) is 0 Å². The topological polar surface area (TPSA) is 74.6 Å². The number of aliphatic hydroxyl groups excluding tert-OH is 1. The van der Waals surface area contributed by atoms with E-state index in [2.05, 4.69) is 0 Å². The zero-order valence-corrected chi connectivity index (χ0v) is 9.45. The van der Waals surface area contributed by atoms with E-state index in [1.54, 1.807) is 19.1 Å². The molecule has 0 fully saturated rings. The van der Waals surface area contributed by atoms with Gasteiger partial charge in [-0.05, 0) is 31.9 Å². The van der Waals surface area contributed by atoms with Gasteiger partial charge in [-0.3, -0.25) is 4.55 Å². The van der Waals surface area contributed by atoms with Crippen molar-refractivity contribution in [1.29, 1.82) is 0 Å². The minimum absolute atomic E-state index is 0.131. The molecule has 1 unspecified atom stereocenters. The van der Waals surface area contributed by atoms with Crippen molar-refractivity contribution in [2.24, 2.45) is 0 Å².